The molecule has 0 aliphatic rings. The SMILES string of the molecule is CC(C)C(C)(CN)NCc1cnc2ccccc2c1. The maximum Gasteiger partial charge on any atom is 0.0702 e. The Hall–Kier alpha value is -1.45. The van der Waals surface area contributed by atoms with Crippen molar-refractivity contribution in [3.63, 3.8) is 0 Å². The fraction of sp³-hybridized carbons (Fsp3) is 0.438. The Kier molecular flexibility index (Phi) is 4.17. The van der Waals surface area contributed by atoms with Crippen LogP contribution in [0.25, 0.3) is 10.9 Å². The summed E-state index contributed by atoms with van der Waals surface area (Å²) in [5, 5.41) is 4.74. The van der Waals surface area contributed by atoms with E-state index in [9.17, 15) is 0 Å². The first-order valence-corrected chi connectivity index (χ1v) is 6.84. The molecule has 0 amide bonds. The molecule has 0 aliphatic heterocycles. The zero-order chi connectivity index (χ0) is 13.9. The first kappa shape index (κ1) is 14.0. The summed E-state index contributed by atoms with van der Waals surface area (Å²) in [7, 11) is 0. The zero-order valence-electron chi connectivity index (χ0n) is 12.0. The highest BCUT2D eigenvalue weighted by molar-refractivity contribution is 5.78. The van der Waals surface area contributed by atoms with Gasteiger partial charge < -0.3 is 11.1 Å². The van der Waals surface area contributed by atoms with E-state index in [2.05, 4.69) is 43.2 Å². The molecule has 1 atom stereocenters. The second-order valence-corrected chi connectivity index (χ2v) is 5.67. The summed E-state index contributed by atoms with van der Waals surface area (Å²) < 4.78 is 0. The average molecular weight is 257 g/mol. The molecular weight excluding hydrogens is 234 g/mol. The van der Waals surface area contributed by atoms with Gasteiger partial charge in [-0.2, -0.15) is 0 Å². The van der Waals surface area contributed by atoms with E-state index in [1.807, 2.05) is 24.4 Å². The van der Waals surface area contributed by atoms with Crippen molar-refractivity contribution in [3.8, 4) is 0 Å². The van der Waals surface area contributed by atoms with E-state index in [0.717, 1.165) is 12.1 Å². The van der Waals surface area contributed by atoms with E-state index in [1.165, 1.54) is 10.9 Å². The van der Waals surface area contributed by atoms with Crippen LogP contribution in [-0.4, -0.2) is 17.1 Å². The number of nitrogens with two attached hydrogens (primary N) is 1. The third kappa shape index (κ3) is 3.11. The summed E-state index contributed by atoms with van der Waals surface area (Å²) >= 11 is 0. The average Bonchev–Trinajstić information content (AvgIpc) is 2.44. The normalized spacial score (nSPS) is 14.8. The largest absolute Gasteiger partial charge is 0.329 e. The highest BCUT2D eigenvalue weighted by Crippen LogP contribution is 2.17. The molecule has 1 aromatic carbocycles. The summed E-state index contributed by atoms with van der Waals surface area (Å²) in [6.07, 6.45) is 1.94. The van der Waals surface area contributed by atoms with E-state index in [4.69, 9.17) is 5.73 Å². The number of hydrogen-bond donors (Lipinski definition) is 2. The van der Waals surface area contributed by atoms with Crippen molar-refractivity contribution in [1.82, 2.24) is 10.3 Å². The molecule has 3 N–H and O–H groups in total. The quantitative estimate of drug-likeness (QED) is 0.866. The lowest BCUT2D eigenvalue weighted by Gasteiger charge is -2.33. The van der Waals surface area contributed by atoms with Gasteiger partial charge in [-0.05, 0) is 30.5 Å². The lowest BCUT2D eigenvalue weighted by molar-refractivity contribution is 0.267. The van der Waals surface area contributed by atoms with E-state index < -0.39 is 0 Å². The summed E-state index contributed by atoms with van der Waals surface area (Å²) in [5.41, 5.74) is 8.08. The van der Waals surface area contributed by atoms with Crippen LogP contribution in [0.2, 0.25) is 0 Å². The van der Waals surface area contributed by atoms with Crippen molar-refractivity contribution >= 4 is 10.9 Å². The number of rotatable bonds is 5. The topological polar surface area (TPSA) is 50.9 Å². The first-order chi connectivity index (χ1) is 9.05. The second-order valence-electron chi connectivity index (χ2n) is 5.67. The summed E-state index contributed by atoms with van der Waals surface area (Å²) in [6, 6.07) is 10.4. The second kappa shape index (κ2) is 5.68. The number of aromatic nitrogens is 1. The van der Waals surface area contributed by atoms with E-state index in [-0.39, 0.29) is 5.54 Å². The van der Waals surface area contributed by atoms with Gasteiger partial charge in [-0.3, -0.25) is 4.98 Å². The molecule has 19 heavy (non-hydrogen) atoms. The molecule has 0 radical (unpaired) electrons. The molecule has 0 bridgehead atoms. The lowest BCUT2D eigenvalue weighted by atomic mass is 9.88. The Morgan fingerprint density at radius 1 is 1.32 bits per heavy atom. The minimum Gasteiger partial charge on any atom is -0.329 e. The van der Waals surface area contributed by atoms with Gasteiger partial charge in [-0.15, -0.1) is 0 Å². The predicted molar refractivity (Wildman–Crippen MR) is 80.9 cm³/mol. The molecule has 2 aromatic rings. The monoisotopic (exact) mass is 257 g/mol. The number of nitrogens with one attached hydrogen (secondary N) is 1. The summed E-state index contributed by atoms with van der Waals surface area (Å²) in [5.74, 6) is 0.492. The van der Waals surface area contributed by atoms with Crippen LogP contribution in [0, 0.1) is 5.92 Å². The number of para-hydroxylation sites is 1. The van der Waals surface area contributed by atoms with Gasteiger partial charge in [0.15, 0.2) is 0 Å². The number of fused-ring (bicyclic) bond motifs is 1. The molecule has 2 rings (SSSR count). The van der Waals surface area contributed by atoms with E-state index in [0.29, 0.717) is 12.5 Å². The number of hydrogen-bond acceptors (Lipinski definition) is 3. The fourth-order valence-electron chi connectivity index (χ4n) is 2.03. The number of nitrogens with zero attached hydrogens (tertiary/aromatic N) is 1. The molecule has 0 aliphatic carbocycles. The van der Waals surface area contributed by atoms with Crippen LogP contribution in [-0.2, 0) is 6.54 Å². The van der Waals surface area contributed by atoms with Crippen LogP contribution in [0.15, 0.2) is 36.5 Å². The Balaban J connectivity index is 2.13. The van der Waals surface area contributed by atoms with E-state index in [1.54, 1.807) is 0 Å². The zero-order valence-corrected chi connectivity index (χ0v) is 12.0. The smallest absolute Gasteiger partial charge is 0.0702 e. The Labute approximate surface area is 115 Å². The highest BCUT2D eigenvalue weighted by Gasteiger charge is 2.25. The van der Waals surface area contributed by atoms with Crippen LogP contribution < -0.4 is 11.1 Å². The lowest BCUT2D eigenvalue weighted by Crippen LogP contribution is -2.52. The van der Waals surface area contributed by atoms with Crippen molar-refractivity contribution in [3.05, 3.63) is 42.1 Å². The molecule has 0 spiro atoms. The van der Waals surface area contributed by atoms with Crippen LogP contribution in [0.3, 0.4) is 0 Å². The van der Waals surface area contributed by atoms with Crippen LogP contribution >= 0.6 is 0 Å². The summed E-state index contributed by atoms with van der Waals surface area (Å²) in [6.45, 7) is 7.98. The Morgan fingerprint density at radius 3 is 2.74 bits per heavy atom. The van der Waals surface area contributed by atoms with Gasteiger partial charge in [0.1, 0.15) is 0 Å². The van der Waals surface area contributed by atoms with Gasteiger partial charge in [-0.25, -0.2) is 0 Å². The molecular formula is C16H23N3. The maximum atomic E-state index is 5.88. The third-order valence-electron chi connectivity index (χ3n) is 4.04. The van der Waals surface area contributed by atoms with Crippen LogP contribution in [0.5, 0.6) is 0 Å². The molecule has 1 unspecified atom stereocenters. The van der Waals surface area contributed by atoms with Crippen molar-refractivity contribution in [1.29, 1.82) is 0 Å². The molecule has 3 heteroatoms. The van der Waals surface area contributed by atoms with Gasteiger partial charge >= 0.3 is 0 Å². The van der Waals surface area contributed by atoms with Crippen LogP contribution in [0.1, 0.15) is 26.3 Å². The van der Waals surface area contributed by atoms with Gasteiger partial charge in [0, 0.05) is 30.2 Å². The van der Waals surface area contributed by atoms with Gasteiger partial charge in [0.2, 0.25) is 0 Å². The molecule has 3 nitrogen and oxygen atoms in total. The number of benzene rings is 1. The van der Waals surface area contributed by atoms with Crippen molar-refractivity contribution < 1.29 is 0 Å². The molecule has 0 saturated carbocycles. The minimum atomic E-state index is -0.0361. The van der Waals surface area contributed by atoms with E-state index >= 15 is 0 Å². The Morgan fingerprint density at radius 2 is 2.05 bits per heavy atom. The predicted octanol–water partition coefficient (Wildman–Crippen LogP) is 2.70. The Bertz CT molecular complexity index is 550. The molecule has 0 fully saturated rings. The molecule has 1 aromatic heterocycles. The minimum absolute atomic E-state index is 0.0361. The summed E-state index contributed by atoms with van der Waals surface area (Å²) in [4.78, 5) is 4.48. The van der Waals surface area contributed by atoms with Gasteiger partial charge in [-0.1, -0.05) is 32.0 Å². The highest BCUT2D eigenvalue weighted by atomic mass is 15.0. The number of pyridine rings is 1. The first-order valence-electron chi connectivity index (χ1n) is 6.84. The van der Waals surface area contributed by atoms with Crippen LogP contribution in [0.4, 0.5) is 0 Å². The van der Waals surface area contributed by atoms with Gasteiger partial charge in [0.05, 0.1) is 5.52 Å². The standard InChI is InChI=1S/C16H23N3/c1-12(2)16(3,11-17)19-10-13-8-14-6-4-5-7-15(14)18-9-13/h4-9,12,19H,10-11,17H2,1-3H3. The molecule has 1 heterocycles. The molecule has 102 valence electrons. The third-order valence-corrected chi connectivity index (χ3v) is 4.04. The maximum absolute atomic E-state index is 5.88. The van der Waals surface area contributed by atoms with Crippen molar-refractivity contribution in [2.45, 2.75) is 32.9 Å². The van der Waals surface area contributed by atoms with Crippen molar-refractivity contribution in [2.24, 2.45) is 11.7 Å². The fourth-order valence-corrected chi connectivity index (χ4v) is 2.03. The van der Waals surface area contributed by atoms with Gasteiger partial charge in [0.25, 0.3) is 0 Å². The molecule has 0 saturated heterocycles. The van der Waals surface area contributed by atoms with Crippen molar-refractivity contribution in [2.75, 3.05) is 6.54 Å².